The molecule has 26 heavy (non-hydrogen) atoms. The largest absolute Gasteiger partial charge is 0.480 e. The highest BCUT2D eigenvalue weighted by Gasteiger charge is 2.28. The molecule has 0 aliphatic heterocycles. The second-order valence-electron chi connectivity index (χ2n) is 7.73. The van der Waals surface area contributed by atoms with Crippen LogP contribution in [0.25, 0.3) is 0 Å². The first kappa shape index (κ1) is 24.2. The topological polar surface area (TPSA) is 113 Å². The third kappa shape index (κ3) is 9.08. The van der Waals surface area contributed by atoms with Gasteiger partial charge in [0.1, 0.15) is 17.6 Å². The number of ketones is 2. The number of aliphatic carboxylic acids is 1. The molecule has 0 aliphatic rings. The number of nitrogens with one attached hydrogen (secondary N) is 2. The predicted molar refractivity (Wildman–Crippen MR) is 99.8 cm³/mol. The summed E-state index contributed by atoms with van der Waals surface area (Å²) in [5.41, 5.74) is -0.505. The molecule has 1 amide bonds. The Morgan fingerprint density at radius 3 is 2.12 bits per heavy atom. The van der Waals surface area contributed by atoms with Gasteiger partial charge in [-0.15, -0.1) is 0 Å². The van der Waals surface area contributed by atoms with E-state index in [9.17, 15) is 24.3 Å². The highest BCUT2D eigenvalue weighted by Crippen LogP contribution is 2.23. The summed E-state index contributed by atoms with van der Waals surface area (Å²) in [5, 5.41) is 14.9. The summed E-state index contributed by atoms with van der Waals surface area (Å²) in [6.07, 6.45) is 0.716. The minimum Gasteiger partial charge on any atom is -0.480 e. The molecular weight excluding hydrogens is 336 g/mol. The van der Waals surface area contributed by atoms with E-state index < -0.39 is 29.3 Å². The Morgan fingerprint density at radius 1 is 1.12 bits per heavy atom. The quantitative estimate of drug-likeness (QED) is 0.457. The van der Waals surface area contributed by atoms with Crippen molar-refractivity contribution in [2.24, 2.45) is 11.3 Å². The average Bonchev–Trinajstić information content (AvgIpc) is 2.53. The molecule has 0 bridgehead atoms. The fourth-order valence-corrected chi connectivity index (χ4v) is 2.28. The number of carbonyl (C=O) groups is 4. The van der Waals surface area contributed by atoms with Gasteiger partial charge in [-0.3, -0.25) is 14.4 Å². The third-order valence-electron chi connectivity index (χ3n) is 4.71. The Balaban J connectivity index is 4.73. The standard InChI is InChI=1S/C19H34N2O5/c1-7-19(5,6)16(23)9-8-15(18(25)26)21-17(24)10-14(13(4)22)11-20-12(2)3/h12,14-15,20H,7-11H2,1-6H3,(H,21,24)(H,25,26). The van der Waals surface area contributed by atoms with Crippen LogP contribution in [0.5, 0.6) is 0 Å². The first-order valence-corrected chi connectivity index (χ1v) is 9.20. The Labute approximate surface area is 156 Å². The van der Waals surface area contributed by atoms with Gasteiger partial charge in [-0.1, -0.05) is 34.6 Å². The number of rotatable bonds is 13. The number of Topliss-reactive ketones (excluding diaryl/α,β-unsaturated/α-hetero) is 2. The van der Waals surface area contributed by atoms with Gasteiger partial charge in [0.15, 0.2) is 0 Å². The third-order valence-corrected chi connectivity index (χ3v) is 4.71. The van der Waals surface area contributed by atoms with Gasteiger partial charge in [-0.2, -0.15) is 0 Å². The van der Waals surface area contributed by atoms with E-state index >= 15 is 0 Å². The average molecular weight is 370 g/mol. The molecule has 0 saturated carbocycles. The molecule has 0 heterocycles. The molecule has 7 heteroatoms. The van der Waals surface area contributed by atoms with Gasteiger partial charge in [-0.05, 0) is 19.8 Å². The smallest absolute Gasteiger partial charge is 0.326 e. The Morgan fingerprint density at radius 2 is 1.69 bits per heavy atom. The van der Waals surface area contributed by atoms with E-state index in [4.69, 9.17) is 0 Å². The van der Waals surface area contributed by atoms with Crippen molar-refractivity contribution in [3.63, 3.8) is 0 Å². The van der Waals surface area contributed by atoms with Gasteiger partial charge in [0, 0.05) is 36.8 Å². The number of carboxylic acid groups (broad SMARTS) is 1. The molecule has 0 aromatic heterocycles. The van der Waals surface area contributed by atoms with Gasteiger partial charge in [0.25, 0.3) is 0 Å². The van der Waals surface area contributed by atoms with E-state index in [1.807, 2.05) is 34.6 Å². The lowest BCUT2D eigenvalue weighted by atomic mass is 9.83. The van der Waals surface area contributed by atoms with Gasteiger partial charge in [0.2, 0.25) is 5.91 Å². The molecule has 150 valence electrons. The van der Waals surface area contributed by atoms with E-state index in [2.05, 4.69) is 10.6 Å². The van der Waals surface area contributed by atoms with Crippen LogP contribution in [0.4, 0.5) is 0 Å². The summed E-state index contributed by atoms with van der Waals surface area (Å²) in [6.45, 7) is 11.2. The van der Waals surface area contributed by atoms with Crippen molar-refractivity contribution in [2.75, 3.05) is 6.54 Å². The van der Waals surface area contributed by atoms with Crippen LogP contribution in [0.3, 0.4) is 0 Å². The van der Waals surface area contributed by atoms with Crippen LogP contribution < -0.4 is 10.6 Å². The van der Waals surface area contributed by atoms with Crippen LogP contribution in [0.2, 0.25) is 0 Å². The molecule has 0 radical (unpaired) electrons. The minimum absolute atomic E-state index is 0.0248. The first-order valence-electron chi connectivity index (χ1n) is 9.20. The van der Waals surface area contributed by atoms with Crippen molar-refractivity contribution >= 4 is 23.4 Å². The van der Waals surface area contributed by atoms with Crippen molar-refractivity contribution in [1.82, 2.24) is 10.6 Å². The van der Waals surface area contributed by atoms with Crippen molar-refractivity contribution in [1.29, 1.82) is 0 Å². The maximum Gasteiger partial charge on any atom is 0.326 e. The highest BCUT2D eigenvalue weighted by atomic mass is 16.4. The predicted octanol–water partition coefficient (Wildman–Crippen LogP) is 1.93. The monoisotopic (exact) mass is 370 g/mol. The summed E-state index contributed by atoms with van der Waals surface area (Å²) in [6, 6.07) is -0.954. The van der Waals surface area contributed by atoms with Gasteiger partial charge < -0.3 is 15.7 Å². The Bertz CT molecular complexity index is 514. The summed E-state index contributed by atoms with van der Waals surface area (Å²) < 4.78 is 0. The second kappa shape index (κ2) is 11.1. The Hall–Kier alpha value is -1.76. The first-order chi connectivity index (χ1) is 11.9. The molecule has 2 atom stereocenters. The maximum absolute atomic E-state index is 12.2. The number of amides is 1. The zero-order valence-electron chi connectivity index (χ0n) is 16.8. The van der Waals surface area contributed by atoms with E-state index in [0.29, 0.717) is 13.0 Å². The van der Waals surface area contributed by atoms with Crippen molar-refractivity contribution < 1.29 is 24.3 Å². The molecule has 3 N–H and O–H groups in total. The van der Waals surface area contributed by atoms with Crippen LogP contribution in [0.15, 0.2) is 0 Å². The van der Waals surface area contributed by atoms with Crippen LogP contribution in [0, 0.1) is 11.3 Å². The summed E-state index contributed by atoms with van der Waals surface area (Å²) in [4.78, 5) is 47.4. The summed E-state index contributed by atoms with van der Waals surface area (Å²) >= 11 is 0. The van der Waals surface area contributed by atoms with E-state index in [0.717, 1.165) is 0 Å². The number of carboxylic acids is 1. The summed E-state index contributed by atoms with van der Waals surface area (Å²) in [5.74, 6) is -2.33. The van der Waals surface area contributed by atoms with Crippen molar-refractivity contribution in [3.8, 4) is 0 Å². The normalized spacial score (nSPS) is 14.0. The molecule has 2 unspecified atom stereocenters. The van der Waals surface area contributed by atoms with Gasteiger partial charge in [0.05, 0.1) is 0 Å². The van der Waals surface area contributed by atoms with E-state index in [1.165, 1.54) is 6.92 Å². The molecule has 7 nitrogen and oxygen atoms in total. The highest BCUT2D eigenvalue weighted by molar-refractivity contribution is 5.89. The molecule has 0 rings (SSSR count). The molecule has 0 aromatic carbocycles. The fraction of sp³-hybridized carbons (Fsp3) is 0.789. The zero-order valence-corrected chi connectivity index (χ0v) is 16.8. The number of carbonyl (C=O) groups excluding carboxylic acids is 3. The van der Waals surface area contributed by atoms with Crippen LogP contribution in [0.1, 0.15) is 67.2 Å². The fourth-order valence-electron chi connectivity index (χ4n) is 2.28. The SMILES string of the molecule is CCC(C)(C)C(=O)CCC(NC(=O)CC(CNC(C)C)C(C)=O)C(=O)O. The second-order valence-corrected chi connectivity index (χ2v) is 7.73. The minimum atomic E-state index is -1.18. The van der Waals surface area contributed by atoms with E-state index in [-0.39, 0.29) is 36.9 Å². The van der Waals surface area contributed by atoms with Crippen molar-refractivity contribution in [3.05, 3.63) is 0 Å². The number of hydrogen-bond donors (Lipinski definition) is 3. The molecular formula is C19H34N2O5. The lowest BCUT2D eigenvalue weighted by Crippen LogP contribution is -2.43. The van der Waals surface area contributed by atoms with Crippen LogP contribution in [-0.4, -0.2) is 47.2 Å². The molecule has 0 fully saturated rings. The zero-order chi connectivity index (χ0) is 20.5. The van der Waals surface area contributed by atoms with Crippen LogP contribution >= 0.6 is 0 Å². The van der Waals surface area contributed by atoms with E-state index in [1.54, 1.807) is 0 Å². The molecule has 0 spiro atoms. The lowest BCUT2D eigenvalue weighted by Gasteiger charge is -2.22. The maximum atomic E-state index is 12.2. The molecule has 0 aliphatic carbocycles. The lowest BCUT2D eigenvalue weighted by molar-refractivity contribution is -0.142. The van der Waals surface area contributed by atoms with Crippen molar-refractivity contribution in [2.45, 2.75) is 79.3 Å². The number of hydrogen-bond acceptors (Lipinski definition) is 5. The van der Waals surface area contributed by atoms with Gasteiger partial charge >= 0.3 is 5.97 Å². The Kier molecular flexibility index (Phi) is 10.3. The molecule has 0 aromatic rings. The molecule has 0 saturated heterocycles. The van der Waals surface area contributed by atoms with Gasteiger partial charge in [-0.25, -0.2) is 4.79 Å². The summed E-state index contributed by atoms with van der Waals surface area (Å²) in [7, 11) is 0. The van der Waals surface area contributed by atoms with Crippen LogP contribution in [-0.2, 0) is 19.2 Å².